The lowest BCUT2D eigenvalue weighted by Crippen LogP contribution is -2.59. The Hall–Kier alpha value is -2.14. The van der Waals surface area contributed by atoms with Crippen LogP contribution in [0.5, 0.6) is 0 Å². The minimum atomic E-state index is -4.92. The van der Waals surface area contributed by atoms with Crippen molar-refractivity contribution in [3.05, 3.63) is 74.2 Å². The Morgan fingerprint density at radius 1 is 1.03 bits per heavy atom. The van der Waals surface area contributed by atoms with Crippen molar-refractivity contribution in [1.82, 2.24) is 4.90 Å². The highest BCUT2D eigenvalue weighted by Gasteiger charge is 2.47. The average molecular weight is 573 g/mol. The van der Waals surface area contributed by atoms with Crippen LogP contribution in [0.2, 0.25) is 15.1 Å². The van der Waals surface area contributed by atoms with Crippen LogP contribution >= 0.6 is 34.8 Å². The molecule has 188 valence electrons. The molecule has 0 atom stereocenters. The van der Waals surface area contributed by atoms with Crippen LogP contribution in [-0.4, -0.2) is 56.3 Å². The number of benzene rings is 2. The molecule has 0 aromatic heterocycles. The van der Waals surface area contributed by atoms with E-state index in [9.17, 15) is 31.2 Å². The molecule has 0 unspecified atom stereocenters. The quantitative estimate of drug-likeness (QED) is 0.198. The first-order valence-corrected chi connectivity index (χ1v) is 12.9. The molecular weight excluding hydrogens is 557 g/mol. The van der Waals surface area contributed by atoms with Gasteiger partial charge in [-0.1, -0.05) is 59.1 Å². The number of carbonyl (C=O) groups is 2. The van der Waals surface area contributed by atoms with Gasteiger partial charge in [0.2, 0.25) is 5.91 Å². The Bertz CT molecular complexity index is 1300. The van der Waals surface area contributed by atoms with Gasteiger partial charge in [0.15, 0.2) is 21.3 Å². The lowest BCUT2D eigenvalue weighted by molar-refractivity contribution is -0.143. The Morgan fingerprint density at radius 3 is 2.00 bits per heavy atom. The Kier molecular flexibility index (Phi) is 7.63. The summed E-state index contributed by atoms with van der Waals surface area (Å²) >= 11 is 17.4. The summed E-state index contributed by atoms with van der Waals surface area (Å²) < 4.78 is 78.5. The SMILES string of the molecule is CS(=O)(=O)CC(=O)N1CC(F)(c2ccc(C(=O)/C=C(\c3cc(Cl)c(Cl)c(Cl)c3)C(F)(F)F)cc2)C1. The molecule has 0 spiro atoms. The third-order valence-electron chi connectivity index (χ3n) is 5.18. The van der Waals surface area contributed by atoms with E-state index in [-0.39, 0.29) is 39.3 Å². The molecule has 0 saturated carbocycles. The summed E-state index contributed by atoms with van der Waals surface area (Å²) in [5.74, 6) is -2.48. The molecule has 5 nitrogen and oxygen atoms in total. The summed E-state index contributed by atoms with van der Waals surface area (Å²) in [5.41, 5.74) is -3.78. The van der Waals surface area contributed by atoms with Gasteiger partial charge in [-0.25, -0.2) is 12.8 Å². The molecule has 1 amide bonds. The molecule has 2 aromatic carbocycles. The smallest absolute Gasteiger partial charge is 0.335 e. The number of likely N-dealkylation sites (tertiary alicyclic amines) is 1. The van der Waals surface area contributed by atoms with Gasteiger partial charge in [0.1, 0.15) is 5.75 Å². The first kappa shape index (κ1) is 27.4. The van der Waals surface area contributed by atoms with Gasteiger partial charge in [-0.05, 0) is 29.3 Å². The van der Waals surface area contributed by atoms with Crippen LogP contribution in [-0.2, 0) is 20.3 Å². The average Bonchev–Trinajstić information content (AvgIpc) is 2.71. The number of halogens is 7. The highest BCUT2D eigenvalue weighted by atomic mass is 35.5. The summed E-state index contributed by atoms with van der Waals surface area (Å²) in [6, 6.07) is 6.64. The predicted octanol–water partition coefficient (Wildman–Crippen LogP) is 5.53. The van der Waals surface area contributed by atoms with Crippen molar-refractivity contribution in [2.75, 3.05) is 25.1 Å². The van der Waals surface area contributed by atoms with Crippen LogP contribution in [0.15, 0.2) is 42.5 Å². The van der Waals surface area contributed by atoms with Crippen LogP contribution in [0.4, 0.5) is 17.6 Å². The van der Waals surface area contributed by atoms with Crippen LogP contribution in [0.25, 0.3) is 5.57 Å². The minimum absolute atomic E-state index is 0.0914. The third-order valence-corrected chi connectivity index (χ3v) is 7.15. The molecule has 0 aliphatic carbocycles. The Labute approximate surface area is 213 Å². The van der Waals surface area contributed by atoms with Crippen LogP contribution < -0.4 is 0 Å². The summed E-state index contributed by atoms with van der Waals surface area (Å²) in [6.45, 7) is -0.768. The number of hydrogen-bond acceptors (Lipinski definition) is 4. The van der Waals surface area contributed by atoms with E-state index in [2.05, 4.69) is 0 Å². The van der Waals surface area contributed by atoms with Crippen LogP contribution in [0.1, 0.15) is 21.5 Å². The molecule has 1 fully saturated rings. The molecule has 3 rings (SSSR count). The molecule has 0 bridgehead atoms. The number of ketones is 1. The van der Waals surface area contributed by atoms with E-state index in [1.165, 1.54) is 12.1 Å². The largest absolute Gasteiger partial charge is 0.417 e. The first-order chi connectivity index (χ1) is 16.0. The number of amides is 1. The molecule has 1 aliphatic heterocycles. The van der Waals surface area contributed by atoms with Gasteiger partial charge in [-0.15, -0.1) is 0 Å². The zero-order chi connectivity index (χ0) is 26.3. The Morgan fingerprint density at radius 2 is 1.54 bits per heavy atom. The van der Waals surface area contributed by atoms with Gasteiger partial charge in [0.25, 0.3) is 0 Å². The molecule has 0 radical (unpaired) electrons. The van der Waals surface area contributed by atoms with Gasteiger partial charge in [-0.2, -0.15) is 13.2 Å². The molecule has 2 aromatic rings. The van der Waals surface area contributed by atoms with Gasteiger partial charge >= 0.3 is 6.18 Å². The summed E-state index contributed by atoms with van der Waals surface area (Å²) in [6.07, 6.45) is -3.66. The van der Waals surface area contributed by atoms with E-state index in [0.717, 1.165) is 35.4 Å². The molecule has 0 N–H and O–H groups in total. The van der Waals surface area contributed by atoms with E-state index in [1.807, 2.05) is 0 Å². The van der Waals surface area contributed by atoms with Gasteiger partial charge < -0.3 is 4.90 Å². The number of alkyl halides is 4. The van der Waals surface area contributed by atoms with Crippen LogP contribution in [0.3, 0.4) is 0 Å². The number of carbonyl (C=O) groups excluding carboxylic acids is 2. The summed E-state index contributed by atoms with van der Waals surface area (Å²) in [7, 11) is -3.57. The normalized spacial score (nSPS) is 16.1. The van der Waals surface area contributed by atoms with Crippen molar-refractivity contribution in [1.29, 1.82) is 0 Å². The zero-order valence-corrected chi connectivity index (χ0v) is 20.9. The van der Waals surface area contributed by atoms with Gasteiger partial charge in [-0.3, -0.25) is 9.59 Å². The van der Waals surface area contributed by atoms with Crippen molar-refractivity contribution in [3.63, 3.8) is 0 Å². The molecular formula is C22H16Cl3F4NO4S. The van der Waals surface area contributed by atoms with E-state index in [0.29, 0.717) is 6.08 Å². The van der Waals surface area contributed by atoms with Crippen molar-refractivity contribution in [2.24, 2.45) is 0 Å². The monoisotopic (exact) mass is 571 g/mol. The minimum Gasteiger partial charge on any atom is -0.335 e. The number of hydrogen-bond donors (Lipinski definition) is 0. The summed E-state index contributed by atoms with van der Waals surface area (Å²) in [4.78, 5) is 25.5. The number of sulfone groups is 1. The first-order valence-electron chi connectivity index (χ1n) is 9.73. The fraction of sp³-hybridized carbons (Fsp3) is 0.273. The standard InChI is InChI=1S/C22H16Cl3F4NO4S/c1-35(33,34)9-19(32)30-10-21(26,11-30)14-4-2-12(3-5-14)18(31)8-15(22(27,28)29)13-6-16(23)20(25)17(24)7-13/h2-8H,9-11H2,1H3/b15-8+. The molecule has 1 saturated heterocycles. The highest BCUT2D eigenvalue weighted by molar-refractivity contribution is 7.91. The lowest BCUT2D eigenvalue weighted by atomic mass is 9.87. The third kappa shape index (κ3) is 6.35. The fourth-order valence-electron chi connectivity index (χ4n) is 3.42. The van der Waals surface area contributed by atoms with E-state index >= 15 is 4.39 Å². The Balaban J connectivity index is 1.81. The topological polar surface area (TPSA) is 71.5 Å². The lowest BCUT2D eigenvalue weighted by Gasteiger charge is -2.44. The predicted molar refractivity (Wildman–Crippen MR) is 125 cm³/mol. The van der Waals surface area contributed by atoms with Crippen molar-refractivity contribution < 1.29 is 35.6 Å². The maximum atomic E-state index is 15.1. The number of nitrogens with zero attached hydrogens (tertiary/aromatic N) is 1. The maximum absolute atomic E-state index is 15.1. The van der Waals surface area contributed by atoms with Crippen molar-refractivity contribution >= 4 is 61.9 Å². The highest BCUT2D eigenvalue weighted by Crippen LogP contribution is 2.40. The van der Waals surface area contributed by atoms with Gasteiger partial charge in [0.05, 0.1) is 33.7 Å². The van der Waals surface area contributed by atoms with Crippen molar-refractivity contribution in [3.8, 4) is 0 Å². The number of rotatable bonds is 6. The van der Waals surface area contributed by atoms with E-state index in [1.54, 1.807) is 0 Å². The fourth-order valence-corrected chi connectivity index (χ4v) is 4.65. The van der Waals surface area contributed by atoms with E-state index < -0.39 is 50.3 Å². The zero-order valence-electron chi connectivity index (χ0n) is 17.8. The second-order valence-corrected chi connectivity index (χ2v) is 11.4. The molecule has 13 heteroatoms. The van der Waals surface area contributed by atoms with Crippen LogP contribution in [0, 0.1) is 0 Å². The molecule has 1 heterocycles. The second-order valence-electron chi connectivity index (χ2n) is 8.04. The molecule has 35 heavy (non-hydrogen) atoms. The van der Waals surface area contributed by atoms with E-state index in [4.69, 9.17) is 34.8 Å². The molecule has 1 aliphatic rings. The maximum Gasteiger partial charge on any atom is 0.417 e. The summed E-state index contributed by atoms with van der Waals surface area (Å²) in [5, 5.41) is -0.578. The number of allylic oxidation sites excluding steroid dienone is 2. The van der Waals surface area contributed by atoms with Gasteiger partial charge in [0, 0.05) is 11.8 Å². The van der Waals surface area contributed by atoms with Crippen molar-refractivity contribution in [2.45, 2.75) is 11.8 Å². The second kappa shape index (κ2) is 9.72.